The van der Waals surface area contributed by atoms with Crippen molar-refractivity contribution >= 4 is 11.6 Å². The topological polar surface area (TPSA) is 42.0 Å². The van der Waals surface area contributed by atoms with E-state index in [2.05, 4.69) is 35.4 Å². The van der Waals surface area contributed by atoms with Gasteiger partial charge in [0.15, 0.2) is 0 Å². The molecule has 0 fully saturated rings. The Morgan fingerprint density at radius 2 is 2.20 bits per heavy atom. The van der Waals surface area contributed by atoms with Gasteiger partial charge in [0.2, 0.25) is 5.91 Å². The van der Waals surface area contributed by atoms with Gasteiger partial charge in [-0.25, -0.2) is 0 Å². The summed E-state index contributed by atoms with van der Waals surface area (Å²) in [6.07, 6.45) is 6.14. The van der Waals surface area contributed by atoms with Gasteiger partial charge in [0, 0.05) is 24.5 Å². The SMILES string of the molecule is C[C@@H](Cc1cccnc1)c1ccc2c(c1)CCC(=O)N2. The van der Waals surface area contributed by atoms with Gasteiger partial charge < -0.3 is 5.32 Å². The zero-order chi connectivity index (χ0) is 13.9. The van der Waals surface area contributed by atoms with Crippen LogP contribution in [0.25, 0.3) is 0 Å². The number of rotatable bonds is 3. The molecule has 0 aliphatic carbocycles. The van der Waals surface area contributed by atoms with Crippen molar-refractivity contribution in [3.05, 3.63) is 59.4 Å². The van der Waals surface area contributed by atoms with Gasteiger partial charge in [-0.3, -0.25) is 9.78 Å². The van der Waals surface area contributed by atoms with Gasteiger partial charge in [0.25, 0.3) is 0 Å². The van der Waals surface area contributed by atoms with Crippen molar-refractivity contribution in [3.8, 4) is 0 Å². The molecule has 0 radical (unpaired) electrons. The number of benzene rings is 1. The van der Waals surface area contributed by atoms with E-state index in [-0.39, 0.29) is 5.91 Å². The maximum atomic E-state index is 11.4. The van der Waals surface area contributed by atoms with Crippen molar-refractivity contribution in [2.45, 2.75) is 32.1 Å². The largest absolute Gasteiger partial charge is 0.326 e. The number of carbonyl (C=O) groups excluding carboxylic acids is 1. The van der Waals surface area contributed by atoms with Crippen LogP contribution in [0, 0.1) is 0 Å². The van der Waals surface area contributed by atoms with Crippen LogP contribution in [0.2, 0.25) is 0 Å². The predicted molar refractivity (Wildman–Crippen MR) is 79.7 cm³/mol. The highest BCUT2D eigenvalue weighted by Crippen LogP contribution is 2.28. The Morgan fingerprint density at radius 1 is 1.30 bits per heavy atom. The number of nitrogens with one attached hydrogen (secondary N) is 1. The van der Waals surface area contributed by atoms with E-state index in [1.165, 1.54) is 16.7 Å². The minimum Gasteiger partial charge on any atom is -0.326 e. The Balaban J connectivity index is 1.79. The first-order valence-corrected chi connectivity index (χ1v) is 7.04. The highest BCUT2D eigenvalue weighted by atomic mass is 16.1. The summed E-state index contributed by atoms with van der Waals surface area (Å²) in [5.41, 5.74) is 4.80. The standard InChI is InChI=1S/C17H18N2O/c1-12(9-13-3-2-8-18-11-13)14-4-6-16-15(10-14)5-7-17(20)19-16/h2-4,6,8,10-12H,5,7,9H2,1H3,(H,19,20)/t12-/m0/s1. The van der Waals surface area contributed by atoms with E-state index in [4.69, 9.17) is 0 Å². The number of carbonyl (C=O) groups is 1. The highest BCUT2D eigenvalue weighted by molar-refractivity contribution is 5.93. The van der Waals surface area contributed by atoms with Crippen molar-refractivity contribution in [2.24, 2.45) is 0 Å². The summed E-state index contributed by atoms with van der Waals surface area (Å²) in [5, 5.41) is 2.93. The average Bonchev–Trinajstić information content (AvgIpc) is 2.47. The highest BCUT2D eigenvalue weighted by Gasteiger charge is 2.16. The summed E-state index contributed by atoms with van der Waals surface area (Å²) < 4.78 is 0. The van der Waals surface area contributed by atoms with Gasteiger partial charge in [0.05, 0.1) is 0 Å². The molecule has 3 rings (SSSR count). The molecule has 1 N–H and O–H groups in total. The van der Waals surface area contributed by atoms with Crippen LogP contribution in [-0.4, -0.2) is 10.9 Å². The molecule has 102 valence electrons. The van der Waals surface area contributed by atoms with Gasteiger partial charge in [-0.05, 0) is 47.6 Å². The fourth-order valence-corrected chi connectivity index (χ4v) is 2.70. The van der Waals surface area contributed by atoms with Crippen molar-refractivity contribution < 1.29 is 4.79 Å². The van der Waals surface area contributed by atoms with Crippen LogP contribution in [0.5, 0.6) is 0 Å². The molecule has 2 aromatic rings. The van der Waals surface area contributed by atoms with Gasteiger partial charge in [-0.15, -0.1) is 0 Å². The third kappa shape index (κ3) is 2.72. The molecule has 1 aliphatic rings. The van der Waals surface area contributed by atoms with Gasteiger partial charge in [-0.1, -0.05) is 25.1 Å². The lowest BCUT2D eigenvalue weighted by atomic mass is 9.91. The minimum atomic E-state index is 0.119. The molecule has 0 unspecified atom stereocenters. The maximum absolute atomic E-state index is 11.4. The van der Waals surface area contributed by atoms with Gasteiger partial charge >= 0.3 is 0 Å². The molecule has 20 heavy (non-hydrogen) atoms. The van der Waals surface area contributed by atoms with Crippen molar-refractivity contribution in [3.63, 3.8) is 0 Å². The Bertz CT molecular complexity index is 622. The monoisotopic (exact) mass is 266 g/mol. The number of amides is 1. The Hall–Kier alpha value is -2.16. The number of nitrogens with zero attached hydrogens (tertiary/aromatic N) is 1. The van der Waals surface area contributed by atoms with Crippen LogP contribution in [0.1, 0.15) is 36.0 Å². The molecular formula is C17H18N2O. The van der Waals surface area contributed by atoms with E-state index in [1.807, 2.05) is 18.3 Å². The second kappa shape index (κ2) is 5.45. The van der Waals surface area contributed by atoms with Crippen molar-refractivity contribution in [2.75, 3.05) is 5.32 Å². The molecule has 1 aliphatic heterocycles. The number of aromatic nitrogens is 1. The van der Waals surface area contributed by atoms with Crippen LogP contribution in [0.15, 0.2) is 42.7 Å². The van der Waals surface area contributed by atoms with Crippen LogP contribution < -0.4 is 5.32 Å². The quantitative estimate of drug-likeness (QED) is 0.926. The molecule has 0 spiro atoms. The second-order valence-corrected chi connectivity index (χ2v) is 5.43. The second-order valence-electron chi connectivity index (χ2n) is 5.43. The number of fused-ring (bicyclic) bond motifs is 1. The third-order valence-electron chi connectivity index (χ3n) is 3.86. The molecule has 1 aromatic carbocycles. The average molecular weight is 266 g/mol. The minimum absolute atomic E-state index is 0.119. The first-order valence-electron chi connectivity index (χ1n) is 7.04. The lowest BCUT2D eigenvalue weighted by molar-refractivity contribution is -0.116. The number of anilines is 1. The lowest BCUT2D eigenvalue weighted by Crippen LogP contribution is -2.19. The zero-order valence-electron chi connectivity index (χ0n) is 11.6. The smallest absolute Gasteiger partial charge is 0.224 e. The molecule has 1 atom stereocenters. The normalized spacial score (nSPS) is 15.3. The Labute approximate surface area is 119 Å². The Kier molecular flexibility index (Phi) is 3.50. The summed E-state index contributed by atoms with van der Waals surface area (Å²) in [6.45, 7) is 2.23. The molecule has 1 amide bonds. The number of pyridine rings is 1. The fraction of sp³-hybridized carbons (Fsp3) is 0.294. The molecular weight excluding hydrogens is 248 g/mol. The van der Waals surface area contributed by atoms with Crippen molar-refractivity contribution in [1.29, 1.82) is 0 Å². The van der Waals surface area contributed by atoms with E-state index in [1.54, 1.807) is 6.20 Å². The van der Waals surface area contributed by atoms with E-state index in [0.717, 1.165) is 18.5 Å². The summed E-state index contributed by atoms with van der Waals surface area (Å²) >= 11 is 0. The number of hydrogen-bond donors (Lipinski definition) is 1. The van der Waals surface area contributed by atoms with E-state index >= 15 is 0 Å². The van der Waals surface area contributed by atoms with Gasteiger partial charge in [0.1, 0.15) is 0 Å². The van der Waals surface area contributed by atoms with Crippen LogP contribution in [0.3, 0.4) is 0 Å². The molecule has 3 nitrogen and oxygen atoms in total. The summed E-state index contributed by atoms with van der Waals surface area (Å²) in [4.78, 5) is 15.5. The molecule has 2 heterocycles. The van der Waals surface area contributed by atoms with Crippen molar-refractivity contribution in [1.82, 2.24) is 4.98 Å². The number of hydrogen-bond acceptors (Lipinski definition) is 2. The molecule has 0 bridgehead atoms. The van der Waals surface area contributed by atoms with Crippen LogP contribution >= 0.6 is 0 Å². The lowest BCUT2D eigenvalue weighted by Gasteiger charge is -2.19. The molecule has 0 saturated carbocycles. The van der Waals surface area contributed by atoms with Gasteiger partial charge in [-0.2, -0.15) is 0 Å². The Morgan fingerprint density at radius 3 is 3.00 bits per heavy atom. The van der Waals surface area contributed by atoms with Crippen LogP contribution in [-0.2, 0) is 17.6 Å². The first-order chi connectivity index (χ1) is 9.72. The molecule has 3 heteroatoms. The maximum Gasteiger partial charge on any atom is 0.224 e. The van der Waals surface area contributed by atoms with E-state index < -0.39 is 0 Å². The fourth-order valence-electron chi connectivity index (χ4n) is 2.70. The third-order valence-corrected chi connectivity index (χ3v) is 3.86. The van der Waals surface area contributed by atoms with E-state index in [0.29, 0.717) is 12.3 Å². The molecule has 0 saturated heterocycles. The first kappa shape index (κ1) is 12.9. The van der Waals surface area contributed by atoms with Crippen LogP contribution in [0.4, 0.5) is 5.69 Å². The summed E-state index contributed by atoms with van der Waals surface area (Å²) in [7, 11) is 0. The zero-order valence-corrected chi connectivity index (χ0v) is 11.6. The summed E-state index contributed by atoms with van der Waals surface area (Å²) in [6, 6.07) is 10.5. The van der Waals surface area contributed by atoms with E-state index in [9.17, 15) is 4.79 Å². The predicted octanol–water partition coefficient (Wildman–Crippen LogP) is 3.31. The molecule has 1 aromatic heterocycles. The summed E-state index contributed by atoms with van der Waals surface area (Å²) in [5.74, 6) is 0.566. The number of aryl methyl sites for hydroxylation is 1.